The van der Waals surface area contributed by atoms with Crippen LogP contribution in [0.15, 0.2) is 0 Å². The second-order valence-corrected chi connectivity index (χ2v) is 10.2. The van der Waals surface area contributed by atoms with Crippen molar-refractivity contribution < 1.29 is 22.8 Å². The zero-order valence-corrected chi connectivity index (χ0v) is 18.1. The molecule has 5 nitrogen and oxygen atoms in total. The predicted molar refractivity (Wildman–Crippen MR) is 98.9 cm³/mol. The normalized spacial score (nSPS) is 13.2. The molecule has 0 aliphatic heterocycles. The first-order valence-corrected chi connectivity index (χ1v) is 11.1. The molecular weight excluding hydrogens is 324 g/mol. The second-order valence-electron chi connectivity index (χ2n) is 7.66. The number of rotatable bonds is 12. The van der Waals surface area contributed by atoms with Crippen LogP contribution in [-0.4, -0.2) is 39.7 Å². The summed E-state index contributed by atoms with van der Waals surface area (Å²) in [6, 6.07) is 0.640. The first kappa shape index (κ1) is 23.6. The second kappa shape index (κ2) is 10.5. The first-order valence-electron chi connectivity index (χ1n) is 9.14. The van der Waals surface area contributed by atoms with Crippen LogP contribution < -0.4 is 0 Å². The van der Waals surface area contributed by atoms with Gasteiger partial charge in [-0.15, -0.1) is 0 Å². The highest BCUT2D eigenvalue weighted by Crippen LogP contribution is 2.25. The highest BCUT2D eigenvalue weighted by molar-refractivity contribution is 6.60. The minimum absolute atomic E-state index is 0.0238. The Morgan fingerprint density at radius 2 is 1.33 bits per heavy atom. The summed E-state index contributed by atoms with van der Waals surface area (Å²) in [4.78, 5) is 12.0. The van der Waals surface area contributed by atoms with Crippen LogP contribution in [0.2, 0.25) is 6.04 Å². The van der Waals surface area contributed by atoms with Crippen molar-refractivity contribution >= 4 is 14.8 Å². The predicted octanol–water partition coefficient (Wildman–Crippen LogP) is 4.57. The van der Waals surface area contributed by atoms with Gasteiger partial charge >= 0.3 is 14.8 Å². The molecule has 144 valence electrons. The monoisotopic (exact) mass is 362 g/mol. The van der Waals surface area contributed by atoms with E-state index in [2.05, 4.69) is 0 Å². The third-order valence-electron chi connectivity index (χ3n) is 3.54. The van der Waals surface area contributed by atoms with Crippen molar-refractivity contribution in [3.05, 3.63) is 0 Å². The van der Waals surface area contributed by atoms with Crippen LogP contribution in [0.5, 0.6) is 0 Å². The summed E-state index contributed by atoms with van der Waals surface area (Å²) < 4.78 is 23.8. The minimum Gasteiger partial charge on any atom is -0.465 e. The van der Waals surface area contributed by atoms with Crippen LogP contribution >= 0.6 is 0 Å². The molecule has 0 heterocycles. The molecule has 0 radical (unpaired) electrons. The zero-order valence-electron chi connectivity index (χ0n) is 17.1. The van der Waals surface area contributed by atoms with Gasteiger partial charge in [0.15, 0.2) is 0 Å². The van der Waals surface area contributed by atoms with Crippen LogP contribution in [0.4, 0.5) is 0 Å². The quantitative estimate of drug-likeness (QED) is 0.289. The van der Waals surface area contributed by atoms with E-state index in [0.29, 0.717) is 19.1 Å². The van der Waals surface area contributed by atoms with Gasteiger partial charge in [0.25, 0.3) is 0 Å². The molecule has 0 saturated heterocycles. The zero-order chi connectivity index (χ0) is 19.0. The van der Waals surface area contributed by atoms with Gasteiger partial charge in [-0.2, -0.15) is 0 Å². The smallest absolute Gasteiger partial charge is 0.465 e. The average Bonchev–Trinajstić information content (AvgIpc) is 2.40. The lowest BCUT2D eigenvalue weighted by Crippen LogP contribution is -2.50. The van der Waals surface area contributed by atoms with Gasteiger partial charge in [-0.25, -0.2) is 0 Å². The summed E-state index contributed by atoms with van der Waals surface area (Å²) in [6.45, 7) is 18.1. The first-order chi connectivity index (χ1) is 10.9. The number of carbonyl (C=O) groups is 1. The van der Waals surface area contributed by atoms with Gasteiger partial charge in [0.2, 0.25) is 0 Å². The molecule has 0 aromatic rings. The van der Waals surface area contributed by atoms with Crippen molar-refractivity contribution in [2.24, 2.45) is 5.41 Å². The van der Waals surface area contributed by atoms with Gasteiger partial charge < -0.3 is 18.0 Å². The Morgan fingerprint density at radius 3 is 1.67 bits per heavy atom. The van der Waals surface area contributed by atoms with Crippen molar-refractivity contribution in [3.8, 4) is 0 Å². The standard InChI is InChI=1S/C18H38O5Si/c1-10-18(8,9)17(19)20-12-11-13-24(21-14(2)3,22-15(4)5)23-16(6)7/h14-16H,10-13H2,1-9H3. The van der Waals surface area contributed by atoms with E-state index in [1.807, 2.05) is 62.3 Å². The fourth-order valence-electron chi connectivity index (χ4n) is 2.13. The van der Waals surface area contributed by atoms with E-state index in [-0.39, 0.29) is 24.3 Å². The van der Waals surface area contributed by atoms with Crippen molar-refractivity contribution in [1.82, 2.24) is 0 Å². The van der Waals surface area contributed by atoms with Crippen LogP contribution in [0.25, 0.3) is 0 Å². The van der Waals surface area contributed by atoms with E-state index >= 15 is 0 Å². The number of esters is 1. The summed E-state index contributed by atoms with van der Waals surface area (Å²) in [7, 11) is -2.80. The maximum atomic E-state index is 12.0. The van der Waals surface area contributed by atoms with Crippen molar-refractivity contribution in [1.29, 1.82) is 0 Å². The Kier molecular flexibility index (Phi) is 10.3. The van der Waals surface area contributed by atoms with Gasteiger partial charge in [-0.1, -0.05) is 6.92 Å². The molecule has 0 spiro atoms. The Hall–Kier alpha value is -0.433. The molecule has 0 aromatic carbocycles. The van der Waals surface area contributed by atoms with Crippen LogP contribution in [0.1, 0.15) is 75.2 Å². The van der Waals surface area contributed by atoms with Gasteiger partial charge in [-0.05, 0) is 68.2 Å². The number of ether oxygens (including phenoxy) is 1. The van der Waals surface area contributed by atoms with E-state index in [0.717, 1.165) is 6.42 Å². The lowest BCUT2D eigenvalue weighted by atomic mass is 9.91. The van der Waals surface area contributed by atoms with E-state index in [4.69, 9.17) is 18.0 Å². The van der Waals surface area contributed by atoms with E-state index < -0.39 is 14.2 Å². The van der Waals surface area contributed by atoms with Crippen LogP contribution in [0, 0.1) is 5.41 Å². The van der Waals surface area contributed by atoms with Gasteiger partial charge in [-0.3, -0.25) is 4.79 Å². The highest BCUT2D eigenvalue weighted by atomic mass is 28.4. The molecular formula is C18H38O5Si. The molecule has 0 aromatic heterocycles. The third kappa shape index (κ3) is 9.16. The fourth-order valence-corrected chi connectivity index (χ4v) is 5.38. The number of hydrogen-bond donors (Lipinski definition) is 0. The summed E-state index contributed by atoms with van der Waals surface area (Å²) in [5.41, 5.74) is -0.439. The number of carbonyl (C=O) groups excluding carboxylic acids is 1. The molecule has 24 heavy (non-hydrogen) atoms. The third-order valence-corrected chi connectivity index (χ3v) is 7.00. The SMILES string of the molecule is CCC(C)(C)C(=O)OCCC[Si](OC(C)C)(OC(C)C)OC(C)C. The Balaban J connectivity index is 4.78. The van der Waals surface area contributed by atoms with Gasteiger partial charge in [0.05, 0.1) is 12.0 Å². The van der Waals surface area contributed by atoms with Crippen LogP contribution in [-0.2, 0) is 22.8 Å². The Bertz CT molecular complexity index is 340. The molecule has 0 bridgehead atoms. The minimum atomic E-state index is -2.80. The summed E-state index contributed by atoms with van der Waals surface area (Å²) in [5.74, 6) is -0.156. The van der Waals surface area contributed by atoms with Gasteiger partial charge in [0, 0.05) is 24.4 Å². The molecule has 0 N–H and O–H groups in total. The number of hydrogen-bond acceptors (Lipinski definition) is 5. The lowest BCUT2D eigenvalue weighted by Gasteiger charge is -2.34. The summed E-state index contributed by atoms with van der Waals surface area (Å²) in [5, 5.41) is 0. The topological polar surface area (TPSA) is 54.0 Å². The molecule has 0 atom stereocenters. The van der Waals surface area contributed by atoms with Gasteiger partial charge in [0.1, 0.15) is 0 Å². The molecule has 0 amide bonds. The molecule has 0 aliphatic rings. The average molecular weight is 363 g/mol. The maximum Gasteiger partial charge on any atom is 0.501 e. The molecule has 0 aliphatic carbocycles. The largest absolute Gasteiger partial charge is 0.501 e. The fraction of sp³-hybridized carbons (Fsp3) is 0.944. The van der Waals surface area contributed by atoms with Crippen molar-refractivity contribution in [2.75, 3.05) is 6.61 Å². The lowest BCUT2D eigenvalue weighted by molar-refractivity contribution is -0.154. The Morgan fingerprint density at radius 1 is 0.917 bits per heavy atom. The van der Waals surface area contributed by atoms with Crippen LogP contribution in [0.3, 0.4) is 0 Å². The highest BCUT2D eigenvalue weighted by Gasteiger charge is 2.43. The summed E-state index contributed by atoms with van der Waals surface area (Å²) >= 11 is 0. The van der Waals surface area contributed by atoms with E-state index in [9.17, 15) is 4.79 Å². The molecule has 0 rings (SSSR count). The Labute approximate surface area is 149 Å². The molecule has 0 fully saturated rings. The molecule has 6 heteroatoms. The molecule has 0 saturated carbocycles. The van der Waals surface area contributed by atoms with Crippen molar-refractivity contribution in [3.63, 3.8) is 0 Å². The summed E-state index contributed by atoms with van der Waals surface area (Å²) in [6.07, 6.45) is 1.50. The van der Waals surface area contributed by atoms with E-state index in [1.54, 1.807) is 0 Å². The maximum absolute atomic E-state index is 12.0. The molecule has 0 unspecified atom stereocenters. The van der Waals surface area contributed by atoms with Crippen molar-refractivity contribution in [2.45, 2.75) is 99.5 Å². The van der Waals surface area contributed by atoms with E-state index in [1.165, 1.54) is 0 Å².